The van der Waals surface area contributed by atoms with E-state index in [0.29, 0.717) is 11.3 Å². The van der Waals surface area contributed by atoms with Crippen LogP contribution in [0.4, 0.5) is 8.78 Å². The standard InChI is InChI=1S/C20H21F2N3O2S/c1-12-7-19(22)11-28-18(23)25-20(19,10-27-12)16-6-13(3-4-17(16)21)14-5-15(26-2)9-24-8-14/h3-6,8-9,12H,7,10-11H2,1-2H3,(H2,23,25)/t12-,19+,20+/m0/s1. The number of aliphatic imine (C=N–C) groups is 1. The van der Waals surface area contributed by atoms with Gasteiger partial charge in [-0.25, -0.2) is 13.8 Å². The lowest BCUT2D eigenvalue weighted by atomic mass is 9.72. The van der Waals surface area contributed by atoms with Gasteiger partial charge in [0.15, 0.2) is 10.8 Å². The van der Waals surface area contributed by atoms with Crippen molar-refractivity contribution in [3.63, 3.8) is 0 Å². The highest BCUT2D eigenvalue weighted by molar-refractivity contribution is 8.13. The average molecular weight is 405 g/mol. The molecule has 0 bridgehead atoms. The summed E-state index contributed by atoms with van der Waals surface area (Å²) in [7, 11) is 1.55. The highest BCUT2D eigenvalue weighted by Crippen LogP contribution is 2.52. The number of nitrogens with two attached hydrogens (primary N) is 1. The zero-order valence-corrected chi connectivity index (χ0v) is 16.4. The topological polar surface area (TPSA) is 69.7 Å². The molecule has 0 radical (unpaired) electrons. The minimum Gasteiger partial charge on any atom is -0.495 e. The zero-order chi connectivity index (χ0) is 19.9. The highest BCUT2D eigenvalue weighted by Gasteiger charge is 2.60. The van der Waals surface area contributed by atoms with E-state index in [9.17, 15) is 4.39 Å². The number of amidine groups is 1. The minimum absolute atomic E-state index is 0.0668. The van der Waals surface area contributed by atoms with Crippen molar-refractivity contribution in [2.24, 2.45) is 10.7 Å². The predicted molar refractivity (Wildman–Crippen MR) is 106 cm³/mol. The molecule has 2 aliphatic rings. The van der Waals surface area contributed by atoms with Crippen molar-refractivity contribution in [3.05, 3.63) is 48.0 Å². The molecule has 5 nitrogen and oxygen atoms in total. The van der Waals surface area contributed by atoms with E-state index < -0.39 is 17.0 Å². The van der Waals surface area contributed by atoms with Crippen LogP contribution in [0.5, 0.6) is 5.75 Å². The largest absolute Gasteiger partial charge is 0.495 e. The van der Waals surface area contributed by atoms with Gasteiger partial charge in [-0.05, 0) is 30.7 Å². The van der Waals surface area contributed by atoms with Crippen LogP contribution in [0, 0.1) is 5.82 Å². The molecule has 1 aromatic carbocycles. The van der Waals surface area contributed by atoms with Crippen LogP contribution in [0.3, 0.4) is 0 Å². The molecular formula is C20H21F2N3O2S. The van der Waals surface area contributed by atoms with E-state index in [2.05, 4.69) is 9.98 Å². The lowest BCUT2D eigenvalue weighted by Crippen LogP contribution is -2.60. The monoisotopic (exact) mass is 405 g/mol. The van der Waals surface area contributed by atoms with Gasteiger partial charge in [-0.1, -0.05) is 17.8 Å². The van der Waals surface area contributed by atoms with Gasteiger partial charge in [-0.3, -0.25) is 4.98 Å². The molecule has 4 rings (SSSR count). The van der Waals surface area contributed by atoms with Gasteiger partial charge in [0.25, 0.3) is 0 Å². The Hall–Kier alpha value is -2.19. The van der Waals surface area contributed by atoms with Crippen molar-refractivity contribution in [3.8, 4) is 16.9 Å². The van der Waals surface area contributed by atoms with Crippen LogP contribution >= 0.6 is 11.8 Å². The van der Waals surface area contributed by atoms with E-state index in [-0.39, 0.29) is 35.6 Å². The second-order valence-electron chi connectivity index (χ2n) is 7.20. The maximum atomic E-state index is 16.2. The van der Waals surface area contributed by atoms with Gasteiger partial charge in [0, 0.05) is 29.5 Å². The van der Waals surface area contributed by atoms with Crippen LogP contribution in [0.15, 0.2) is 41.7 Å². The third-order valence-corrected chi connectivity index (χ3v) is 6.36. The van der Waals surface area contributed by atoms with Crippen molar-refractivity contribution < 1.29 is 18.3 Å². The smallest absolute Gasteiger partial charge is 0.155 e. The maximum Gasteiger partial charge on any atom is 0.155 e. The molecule has 3 atom stereocenters. The summed E-state index contributed by atoms with van der Waals surface area (Å²) in [4.78, 5) is 8.56. The third kappa shape index (κ3) is 3.04. The van der Waals surface area contributed by atoms with Crippen LogP contribution < -0.4 is 10.5 Å². The fraction of sp³-hybridized carbons (Fsp3) is 0.400. The number of aromatic nitrogens is 1. The van der Waals surface area contributed by atoms with Gasteiger partial charge in [0.1, 0.15) is 17.1 Å². The number of thioether (sulfide) groups is 1. The number of benzene rings is 1. The van der Waals surface area contributed by atoms with Crippen molar-refractivity contribution in [2.45, 2.75) is 30.7 Å². The summed E-state index contributed by atoms with van der Waals surface area (Å²) in [6.45, 7) is 1.74. The lowest BCUT2D eigenvalue weighted by molar-refractivity contribution is -0.107. The molecule has 0 unspecified atom stereocenters. The lowest BCUT2D eigenvalue weighted by Gasteiger charge is -2.49. The first-order valence-electron chi connectivity index (χ1n) is 8.95. The molecule has 1 aromatic heterocycles. The first-order chi connectivity index (χ1) is 13.4. The Balaban J connectivity index is 1.88. The SMILES string of the molecule is COc1cncc(-c2ccc(F)c([C@]34CO[C@@H](C)C[C@@]3(F)CSC(N)=N4)c2)c1. The van der Waals surface area contributed by atoms with Crippen molar-refractivity contribution in [1.82, 2.24) is 4.98 Å². The van der Waals surface area contributed by atoms with Crippen LogP contribution in [0.2, 0.25) is 0 Å². The van der Waals surface area contributed by atoms with E-state index >= 15 is 4.39 Å². The molecule has 3 heterocycles. The Bertz CT molecular complexity index is 941. The molecule has 8 heteroatoms. The fourth-order valence-corrected chi connectivity index (χ4v) is 4.84. The van der Waals surface area contributed by atoms with Crippen LogP contribution in [0.25, 0.3) is 11.1 Å². The number of halogens is 2. The van der Waals surface area contributed by atoms with Gasteiger partial charge >= 0.3 is 0 Å². The summed E-state index contributed by atoms with van der Waals surface area (Å²) in [6, 6.07) is 6.36. The highest BCUT2D eigenvalue weighted by atomic mass is 32.2. The van der Waals surface area contributed by atoms with E-state index in [1.807, 2.05) is 6.92 Å². The molecule has 148 valence electrons. The molecule has 0 saturated carbocycles. The second kappa shape index (κ2) is 7.00. The molecular weight excluding hydrogens is 384 g/mol. The summed E-state index contributed by atoms with van der Waals surface area (Å²) in [5.74, 6) is 0.149. The van der Waals surface area contributed by atoms with Gasteiger partial charge in [-0.15, -0.1) is 0 Å². The normalized spacial score (nSPS) is 29.7. The Kier molecular flexibility index (Phi) is 4.79. The fourth-order valence-electron chi connectivity index (χ4n) is 3.88. The van der Waals surface area contributed by atoms with E-state index in [4.69, 9.17) is 15.2 Å². The molecule has 2 N–H and O–H groups in total. The number of hydrogen-bond donors (Lipinski definition) is 1. The maximum absolute atomic E-state index is 16.2. The summed E-state index contributed by atoms with van der Waals surface area (Å²) < 4.78 is 42.1. The number of pyridine rings is 1. The number of ether oxygens (including phenoxy) is 2. The molecule has 1 fully saturated rings. The number of methoxy groups -OCH3 is 1. The molecule has 0 aliphatic carbocycles. The predicted octanol–water partition coefficient (Wildman–Crippen LogP) is 3.67. The molecule has 0 spiro atoms. The second-order valence-corrected chi connectivity index (χ2v) is 8.19. The van der Waals surface area contributed by atoms with Crippen molar-refractivity contribution >= 4 is 16.9 Å². The molecule has 28 heavy (non-hydrogen) atoms. The van der Waals surface area contributed by atoms with Gasteiger partial charge in [0.05, 0.1) is 26.0 Å². The molecule has 1 saturated heterocycles. The van der Waals surface area contributed by atoms with E-state index in [1.54, 1.807) is 37.7 Å². The first kappa shape index (κ1) is 19.1. The summed E-state index contributed by atoms with van der Waals surface area (Å²) in [5.41, 5.74) is 4.22. The van der Waals surface area contributed by atoms with Crippen LogP contribution in [-0.4, -0.2) is 41.4 Å². The Morgan fingerprint density at radius 2 is 2.11 bits per heavy atom. The van der Waals surface area contributed by atoms with E-state index in [1.165, 1.54) is 6.07 Å². The van der Waals surface area contributed by atoms with Gasteiger partial charge < -0.3 is 15.2 Å². The number of rotatable bonds is 3. The van der Waals surface area contributed by atoms with Gasteiger partial charge in [-0.2, -0.15) is 0 Å². The number of nitrogens with zero attached hydrogens (tertiary/aromatic N) is 2. The van der Waals surface area contributed by atoms with E-state index in [0.717, 1.165) is 17.3 Å². The van der Waals surface area contributed by atoms with Gasteiger partial charge in [0.2, 0.25) is 0 Å². The zero-order valence-electron chi connectivity index (χ0n) is 15.6. The summed E-state index contributed by atoms with van der Waals surface area (Å²) in [5, 5.41) is 0.235. The first-order valence-corrected chi connectivity index (χ1v) is 9.93. The Morgan fingerprint density at radius 1 is 1.29 bits per heavy atom. The quantitative estimate of drug-likeness (QED) is 0.844. The van der Waals surface area contributed by atoms with Crippen molar-refractivity contribution in [1.29, 1.82) is 0 Å². The van der Waals surface area contributed by atoms with Crippen LogP contribution in [-0.2, 0) is 10.3 Å². The van der Waals surface area contributed by atoms with Crippen LogP contribution in [0.1, 0.15) is 18.9 Å². The molecule has 2 aliphatic heterocycles. The Morgan fingerprint density at radius 3 is 2.89 bits per heavy atom. The summed E-state index contributed by atoms with van der Waals surface area (Å²) in [6.07, 6.45) is 3.08. The third-order valence-electron chi connectivity index (χ3n) is 5.37. The van der Waals surface area contributed by atoms with Crippen molar-refractivity contribution in [2.75, 3.05) is 19.5 Å². The Labute approximate surface area is 166 Å². The molecule has 2 aromatic rings. The number of hydrogen-bond acceptors (Lipinski definition) is 6. The number of alkyl halides is 1. The molecule has 0 amide bonds. The average Bonchev–Trinajstić information content (AvgIpc) is 2.69. The summed E-state index contributed by atoms with van der Waals surface area (Å²) >= 11 is 1.16. The number of fused-ring (bicyclic) bond motifs is 1. The minimum atomic E-state index is -1.76.